The van der Waals surface area contributed by atoms with Gasteiger partial charge in [0.2, 0.25) is 0 Å². The van der Waals surface area contributed by atoms with Gasteiger partial charge in [0.25, 0.3) is 11.8 Å². The number of anilines is 1. The van der Waals surface area contributed by atoms with Crippen LogP contribution in [-0.2, 0) is 4.79 Å². The summed E-state index contributed by atoms with van der Waals surface area (Å²) >= 11 is 6.04. The van der Waals surface area contributed by atoms with Crippen LogP contribution in [0.25, 0.3) is 0 Å². The molecule has 0 radical (unpaired) electrons. The van der Waals surface area contributed by atoms with E-state index in [1.54, 1.807) is 36.4 Å². The van der Waals surface area contributed by atoms with Gasteiger partial charge in [-0.05, 0) is 55.0 Å². The molecule has 7 nitrogen and oxygen atoms in total. The van der Waals surface area contributed by atoms with Crippen LogP contribution in [0.4, 0.5) is 5.69 Å². The Morgan fingerprint density at radius 1 is 1.24 bits per heavy atom. The topological polar surface area (TPSA) is 83.8 Å². The Hall–Kier alpha value is -3.45. The van der Waals surface area contributed by atoms with E-state index in [1.165, 1.54) is 11.3 Å². The van der Waals surface area contributed by atoms with Crippen LogP contribution in [0.3, 0.4) is 0 Å². The molecule has 2 aromatic carbocycles. The molecule has 0 aliphatic carbocycles. The summed E-state index contributed by atoms with van der Waals surface area (Å²) in [7, 11) is 0. The Bertz CT molecular complexity index is 1050. The number of halogens is 1. The molecule has 2 N–H and O–H groups in total. The lowest BCUT2D eigenvalue weighted by molar-refractivity contribution is -0.127. The third-order valence-electron chi connectivity index (χ3n) is 4.40. The summed E-state index contributed by atoms with van der Waals surface area (Å²) in [6, 6.07) is 15.7. The second kappa shape index (κ2) is 7.89. The molecule has 0 spiro atoms. The zero-order valence-electron chi connectivity index (χ0n) is 15.5. The first-order valence-electron chi connectivity index (χ1n) is 8.93. The third-order valence-corrected chi connectivity index (χ3v) is 4.63. The number of rotatable bonds is 5. The minimum Gasteiger partial charge on any atom is -0.484 e. The van der Waals surface area contributed by atoms with Crippen LogP contribution in [0, 0.1) is 6.92 Å². The summed E-state index contributed by atoms with van der Waals surface area (Å²) in [5.41, 5.74) is 4.57. The smallest absolute Gasteiger partial charge is 0.276 e. The van der Waals surface area contributed by atoms with Gasteiger partial charge in [-0.1, -0.05) is 23.7 Å². The van der Waals surface area contributed by atoms with Crippen molar-refractivity contribution in [2.45, 2.75) is 13.1 Å². The van der Waals surface area contributed by atoms with Crippen molar-refractivity contribution in [2.75, 3.05) is 11.9 Å². The number of nitrogens with one attached hydrogen (secondary N) is 2. The maximum Gasteiger partial charge on any atom is 0.276 e. The summed E-state index contributed by atoms with van der Waals surface area (Å²) in [4.78, 5) is 25.6. The Morgan fingerprint density at radius 3 is 2.86 bits per heavy atom. The van der Waals surface area contributed by atoms with Crippen LogP contribution in [-0.4, -0.2) is 23.4 Å². The van der Waals surface area contributed by atoms with Crippen LogP contribution in [0.15, 0.2) is 65.3 Å². The van der Waals surface area contributed by atoms with Gasteiger partial charge < -0.3 is 14.5 Å². The lowest BCUT2D eigenvalue weighted by Crippen LogP contribution is -2.53. The Kier molecular flexibility index (Phi) is 5.14. The SMILES string of the molecule is Cc1cccc(OCC(=O)NN2C(=O)c3cc(Cl)ccc3NC2c2ccco2)c1. The average molecular weight is 412 g/mol. The first kappa shape index (κ1) is 18.9. The number of benzene rings is 2. The van der Waals surface area contributed by atoms with Crippen LogP contribution in [0.5, 0.6) is 5.75 Å². The number of hydrogen-bond donors (Lipinski definition) is 2. The minimum atomic E-state index is -0.714. The number of hydrogen-bond acceptors (Lipinski definition) is 5. The van der Waals surface area contributed by atoms with Gasteiger partial charge in [0, 0.05) is 10.7 Å². The lowest BCUT2D eigenvalue weighted by atomic mass is 10.1. The second-order valence-electron chi connectivity index (χ2n) is 6.57. The first-order chi connectivity index (χ1) is 14.0. The van der Waals surface area contributed by atoms with Crippen molar-refractivity contribution in [1.82, 2.24) is 10.4 Å². The number of hydrazine groups is 1. The molecule has 1 atom stereocenters. The molecule has 1 aromatic heterocycles. The number of furan rings is 1. The largest absolute Gasteiger partial charge is 0.484 e. The Labute approximate surface area is 172 Å². The monoisotopic (exact) mass is 411 g/mol. The fourth-order valence-electron chi connectivity index (χ4n) is 3.06. The third kappa shape index (κ3) is 4.05. The highest BCUT2D eigenvalue weighted by Crippen LogP contribution is 2.33. The van der Waals surface area contributed by atoms with E-state index < -0.39 is 18.0 Å². The van der Waals surface area contributed by atoms with Gasteiger partial charge in [0.15, 0.2) is 12.8 Å². The molecule has 2 heterocycles. The summed E-state index contributed by atoms with van der Waals surface area (Å²) < 4.78 is 11.0. The van der Waals surface area contributed by atoms with E-state index in [9.17, 15) is 9.59 Å². The number of fused-ring (bicyclic) bond motifs is 1. The molecular weight excluding hydrogens is 394 g/mol. The van der Waals surface area contributed by atoms with Gasteiger partial charge >= 0.3 is 0 Å². The van der Waals surface area contributed by atoms with E-state index in [1.807, 2.05) is 25.1 Å². The van der Waals surface area contributed by atoms with Crippen molar-refractivity contribution in [3.05, 3.63) is 82.8 Å². The Morgan fingerprint density at radius 2 is 2.10 bits per heavy atom. The lowest BCUT2D eigenvalue weighted by Gasteiger charge is -2.36. The summed E-state index contributed by atoms with van der Waals surface area (Å²) in [6.07, 6.45) is 0.786. The molecule has 0 bridgehead atoms. The van der Waals surface area contributed by atoms with E-state index in [-0.39, 0.29) is 6.61 Å². The second-order valence-corrected chi connectivity index (χ2v) is 7.00. The molecule has 2 amide bonds. The molecule has 0 saturated carbocycles. The van der Waals surface area contributed by atoms with Crippen molar-refractivity contribution < 1.29 is 18.7 Å². The number of carbonyl (C=O) groups excluding carboxylic acids is 2. The van der Waals surface area contributed by atoms with Gasteiger partial charge in [0.1, 0.15) is 11.5 Å². The van der Waals surface area contributed by atoms with Crippen molar-refractivity contribution in [1.29, 1.82) is 0 Å². The van der Waals surface area contributed by atoms with Crippen molar-refractivity contribution in [3.8, 4) is 5.75 Å². The van der Waals surface area contributed by atoms with Gasteiger partial charge in [-0.25, -0.2) is 5.01 Å². The van der Waals surface area contributed by atoms with Gasteiger partial charge in [-0.3, -0.25) is 15.0 Å². The van der Waals surface area contributed by atoms with E-state index >= 15 is 0 Å². The predicted molar refractivity (Wildman–Crippen MR) is 108 cm³/mol. The number of carbonyl (C=O) groups is 2. The molecule has 1 aliphatic heterocycles. The number of amides is 2. The highest BCUT2D eigenvalue weighted by molar-refractivity contribution is 6.31. The highest BCUT2D eigenvalue weighted by atomic mass is 35.5. The number of nitrogens with zero attached hydrogens (tertiary/aromatic N) is 1. The van der Waals surface area contributed by atoms with Gasteiger partial charge in [-0.15, -0.1) is 0 Å². The molecule has 8 heteroatoms. The molecule has 0 saturated heterocycles. The summed E-state index contributed by atoms with van der Waals surface area (Å²) in [5, 5.41) is 4.79. The molecule has 3 aromatic rings. The van der Waals surface area contributed by atoms with E-state index in [0.29, 0.717) is 27.8 Å². The number of aryl methyl sites for hydroxylation is 1. The standard InChI is InChI=1S/C21H18ClN3O4/c1-13-4-2-5-15(10-13)29-12-19(26)24-25-20(18-6-3-9-28-18)23-17-8-7-14(22)11-16(17)21(25)27/h2-11,20,23H,12H2,1H3,(H,24,26). The molecule has 29 heavy (non-hydrogen) atoms. The fourth-order valence-corrected chi connectivity index (χ4v) is 3.23. The predicted octanol–water partition coefficient (Wildman–Crippen LogP) is 3.92. The molecule has 1 aliphatic rings. The molecule has 4 rings (SSSR count). The summed E-state index contributed by atoms with van der Waals surface area (Å²) in [6.45, 7) is 1.68. The minimum absolute atomic E-state index is 0.249. The van der Waals surface area contributed by atoms with Crippen molar-refractivity contribution in [2.24, 2.45) is 0 Å². The van der Waals surface area contributed by atoms with E-state index in [0.717, 1.165) is 5.56 Å². The number of ether oxygens (including phenoxy) is 1. The zero-order valence-corrected chi connectivity index (χ0v) is 16.3. The molecule has 0 fully saturated rings. The quantitative estimate of drug-likeness (QED) is 0.664. The van der Waals surface area contributed by atoms with Crippen LogP contribution < -0.4 is 15.5 Å². The molecular formula is C21H18ClN3O4. The molecule has 1 unspecified atom stereocenters. The summed E-state index contributed by atoms with van der Waals surface area (Å²) in [5.74, 6) is 0.150. The average Bonchev–Trinajstić information content (AvgIpc) is 3.23. The molecule has 148 valence electrons. The normalized spacial score (nSPS) is 15.4. The van der Waals surface area contributed by atoms with E-state index in [2.05, 4.69) is 10.7 Å². The zero-order chi connectivity index (χ0) is 20.4. The van der Waals surface area contributed by atoms with Gasteiger partial charge in [-0.2, -0.15) is 0 Å². The van der Waals surface area contributed by atoms with Crippen LogP contribution in [0.2, 0.25) is 5.02 Å². The van der Waals surface area contributed by atoms with E-state index in [4.69, 9.17) is 20.8 Å². The van der Waals surface area contributed by atoms with Gasteiger partial charge in [0.05, 0.1) is 11.8 Å². The fraction of sp³-hybridized carbons (Fsp3) is 0.143. The highest BCUT2D eigenvalue weighted by Gasteiger charge is 2.36. The maximum absolute atomic E-state index is 13.1. The van der Waals surface area contributed by atoms with Crippen LogP contribution in [0.1, 0.15) is 27.8 Å². The first-order valence-corrected chi connectivity index (χ1v) is 9.31. The Balaban J connectivity index is 1.54. The van der Waals surface area contributed by atoms with Crippen molar-refractivity contribution >= 4 is 29.1 Å². The maximum atomic E-state index is 13.1. The van der Waals surface area contributed by atoms with Crippen molar-refractivity contribution in [3.63, 3.8) is 0 Å². The van der Waals surface area contributed by atoms with Crippen LogP contribution >= 0.6 is 11.6 Å².